The molecule has 26 heavy (non-hydrogen) atoms. The van der Waals surface area contributed by atoms with Gasteiger partial charge >= 0.3 is 0 Å². The van der Waals surface area contributed by atoms with Crippen LogP contribution >= 0.6 is 23.2 Å². The van der Waals surface area contributed by atoms with Gasteiger partial charge in [0.1, 0.15) is 6.04 Å². The van der Waals surface area contributed by atoms with Gasteiger partial charge < -0.3 is 15.5 Å². The van der Waals surface area contributed by atoms with E-state index >= 15 is 0 Å². The highest BCUT2D eigenvalue weighted by atomic mass is 35.5. The van der Waals surface area contributed by atoms with Crippen LogP contribution in [0.15, 0.2) is 18.2 Å². The molecule has 0 aliphatic carbocycles. The Balaban J connectivity index is 2.81. The molecule has 146 valence electrons. The van der Waals surface area contributed by atoms with Crippen molar-refractivity contribution in [2.24, 2.45) is 11.8 Å². The first-order valence-corrected chi connectivity index (χ1v) is 9.50. The highest BCUT2D eigenvalue weighted by molar-refractivity contribution is 6.36. The Morgan fingerprint density at radius 2 is 1.69 bits per heavy atom. The van der Waals surface area contributed by atoms with Crippen LogP contribution in [0.2, 0.25) is 10.0 Å². The maximum Gasteiger partial charge on any atom is 0.253 e. The van der Waals surface area contributed by atoms with Crippen LogP contribution < -0.4 is 10.6 Å². The summed E-state index contributed by atoms with van der Waals surface area (Å²) in [4.78, 5) is 27.3. The van der Waals surface area contributed by atoms with E-state index in [9.17, 15) is 9.59 Å². The second-order valence-corrected chi connectivity index (χ2v) is 8.18. The van der Waals surface area contributed by atoms with Crippen molar-refractivity contribution in [1.82, 2.24) is 15.5 Å². The fourth-order valence-electron chi connectivity index (χ4n) is 2.76. The third-order valence-electron chi connectivity index (χ3n) is 4.33. The minimum absolute atomic E-state index is 0.0677. The lowest BCUT2D eigenvalue weighted by Gasteiger charge is -2.29. The first-order valence-electron chi connectivity index (χ1n) is 8.74. The van der Waals surface area contributed by atoms with Crippen LogP contribution in [0.1, 0.15) is 38.1 Å². The third-order valence-corrected chi connectivity index (χ3v) is 4.88. The Bertz CT molecular complexity index is 625. The quantitative estimate of drug-likeness (QED) is 0.700. The first-order chi connectivity index (χ1) is 12.0. The predicted octanol–water partition coefficient (Wildman–Crippen LogP) is 3.45. The highest BCUT2D eigenvalue weighted by Crippen LogP contribution is 2.21. The minimum atomic E-state index is -0.649. The van der Waals surface area contributed by atoms with E-state index in [-0.39, 0.29) is 22.9 Å². The topological polar surface area (TPSA) is 61.4 Å². The summed E-state index contributed by atoms with van der Waals surface area (Å²) in [5.74, 6) is -0.272. The van der Waals surface area contributed by atoms with Gasteiger partial charge in [0.25, 0.3) is 5.91 Å². The number of carbonyl (C=O) groups excluding carboxylic acids is 2. The Hall–Kier alpha value is -1.30. The molecular weight excluding hydrogens is 373 g/mol. The van der Waals surface area contributed by atoms with Crippen LogP contribution in [0.4, 0.5) is 0 Å². The Morgan fingerprint density at radius 1 is 1.08 bits per heavy atom. The van der Waals surface area contributed by atoms with Gasteiger partial charge in [-0.15, -0.1) is 0 Å². The minimum Gasteiger partial charge on any atom is -0.353 e. The molecule has 0 saturated carbocycles. The average Bonchev–Trinajstić information content (AvgIpc) is 2.51. The van der Waals surface area contributed by atoms with Crippen molar-refractivity contribution < 1.29 is 9.59 Å². The van der Waals surface area contributed by atoms with Gasteiger partial charge in [-0.3, -0.25) is 9.59 Å². The normalized spacial score (nSPS) is 13.8. The Kier molecular flexibility index (Phi) is 8.87. The molecule has 1 aromatic rings. The van der Waals surface area contributed by atoms with Crippen molar-refractivity contribution in [2.45, 2.75) is 39.8 Å². The summed E-state index contributed by atoms with van der Waals surface area (Å²) in [5, 5.41) is 6.45. The van der Waals surface area contributed by atoms with Gasteiger partial charge in [-0.2, -0.15) is 0 Å². The predicted molar refractivity (Wildman–Crippen MR) is 108 cm³/mol. The molecule has 0 saturated heterocycles. The van der Waals surface area contributed by atoms with E-state index in [1.807, 2.05) is 27.9 Å². The number of amides is 2. The molecule has 0 aliphatic heterocycles. The van der Waals surface area contributed by atoms with Crippen LogP contribution in [0.25, 0.3) is 0 Å². The van der Waals surface area contributed by atoms with Crippen LogP contribution in [-0.4, -0.2) is 49.4 Å². The Labute approximate surface area is 166 Å². The lowest BCUT2D eigenvalue weighted by molar-refractivity contribution is -0.124. The van der Waals surface area contributed by atoms with Gasteiger partial charge in [0.2, 0.25) is 5.91 Å². The van der Waals surface area contributed by atoms with E-state index in [0.717, 1.165) is 0 Å². The van der Waals surface area contributed by atoms with Gasteiger partial charge in [-0.05, 0) is 44.1 Å². The van der Waals surface area contributed by atoms with E-state index < -0.39 is 11.9 Å². The van der Waals surface area contributed by atoms with Crippen molar-refractivity contribution in [3.8, 4) is 0 Å². The van der Waals surface area contributed by atoms with E-state index in [2.05, 4.69) is 29.4 Å². The molecular formula is C19H29Cl2N3O2. The molecule has 0 fully saturated rings. The van der Waals surface area contributed by atoms with Gasteiger partial charge in [-0.1, -0.05) is 50.9 Å². The maximum absolute atomic E-state index is 12.6. The largest absolute Gasteiger partial charge is 0.353 e. The molecule has 2 atom stereocenters. The number of halogens is 2. The van der Waals surface area contributed by atoms with Gasteiger partial charge in [0, 0.05) is 17.6 Å². The summed E-state index contributed by atoms with van der Waals surface area (Å²) in [7, 11) is 3.97. The molecule has 7 heteroatoms. The van der Waals surface area contributed by atoms with Crippen LogP contribution in [0, 0.1) is 11.8 Å². The molecule has 0 spiro atoms. The molecule has 0 aliphatic rings. The van der Waals surface area contributed by atoms with Crippen molar-refractivity contribution in [3.63, 3.8) is 0 Å². The number of hydrogen-bond acceptors (Lipinski definition) is 3. The van der Waals surface area contributed by atoms with Crippen molar-refractivity contribution in [2.75, 3.05) is 20.6 Å². The third kappa shape index (κ3) is 6.45. The monoisotopic (exact) mass is 401 g/mol. The molecule has 0 unspecified atom stereocenters. The zero-order valence-electron chi connectivity index (χ0n) is 16.3. The second kappa shape index (κ2) is 10.1. The van der Waals surface area contributed by atoms with Gasteiger partial charge in [-0.25, -0.2) is 0 Å². The summed E-state index contributed by atoms with van der Waals surface area (Å²) in [6, 6.07) is 4.22. The molecule has 1 aromatic carbocycles. The summed E-state index contributed by atoms with van der Waals surface area (Å²) in [6.45, 7) is 8.52. The molecule has 2 N–H and O–H groups in total. The summed E-state index contributed by atoms with van der Waals surface area (Å²) < 4.78 is 0. The standard InChI is InChI=1S/C19H29Cl2N3O2/c1-11(2)16(24(5)6)10-22-19(26)17(12(3)4)23-18(25)14-8-7-13(20)9-15(14)21/h7-9,11-12,16-17H,10H2,1-6H3,(H,22,26)(H,23,25)/t16-,17-/m0/s1. The lowest BCUT2D eigenvalue weighted by Crippen LogP contribution is -2.52. The fourth-order valence-corrected chi connectivity index (χ4v) is 3.25. The van der Waals surface area contributed by atoms with Crippen molar-refractivity contribution >= 4 is 35.0 Å². The number of nitrogens with one attached hydrogen (secondary N) is 2. The molecule has 5 nitrogen and oxygen atoms in total. The van der Waals surface area contributed by atoms with E-state index in [1.54, 1.807) is 12.1 Å². The van der Waals surface area contributed by atoms with Gasteiger partial charge in [0.15, 0.2) is 0 Å². The summed E-state index contributed by atoms with van der Waals surface area (Å²) in [6.07, 6.45) is 0. The maximum atomic E-state index is 12.6. The van der Waals surface area contributed by atoms with E-state index in [4.69, 9.17) is 23.2 Å². The molecule has 2 amide bonds. The highest BCUT2D eigenvalue weighted by Gasteiger charge is 2.26. The van der Waals surface area contributed by atoms with Gasteiger partial charge in [0.05, 0.1) is 10.6 Å². The van der Waals surface area contributed by atoms with Crippen molar-refractivity contribution in [3.05, 3.63) is 33.8 Å². The van der Waals surface area contributed by atoms with E-state index in [0.29, 0.717) is 23.0 Å². The molecule has 0 radical (unpaired) electrons. The molecule has 0 aromatic heterocycles. The summed E-state index contributed by atoms with van der Waals surface area (Å²) in [5.41, 5.74) is 0.294. The number of hydrogen-bond donors (Lipinski definition) is 2. The molecule has 0 bridgehead atoms. The zero-order valence-corrected chi connectivity index (χ0v) is 17.8. The van der Waals surface area contributed by atoms with E-state index in [1.165, 1.54) is 6.07 Å². The number of likely N-dealkylation sites (N-methyl/N-ethyl adjacent to an activating group) is 1. The number of carbonyl (C=O) groups is 2. The molecule has 0 heterocycles. The average molecular weight is 402 g/mol. The van der Waals surface area contributed by atoms with Crippen LogP contribution in [0.3, 0.4) is 0 Å². The number of rotatable bonds is 8. The second-order valence-electron chi connectivity index (χ2n) is 7.34. The van der Waals surface area contributed by atoms with Crippen molar-refractivity contribution in [1.29, 1.82) is 0 Å². The van der Waals surface area contributed by atoms with Crippen LogP contribution in [0.5, 0.6) is 0 Å². The Morgan fingerprint density at radius 3 is 2.15 bits per heavy atom. The summed E-state index contributed by atoms with van der Waals surface area (Å²) >= 11 is 12.0. The zero-order chi connectivity index (χ0) is 20.0. The molecule has 1 rings (SSSR count). The fraction of sp³-hybridized carbons (Fsp3) is 0.579. The smallest absolute Gasteiger partial charge is 0.253 e. The SMILES string of the molecule is CC(C)[C@H](NC(=O)c1ccc(Cl)cc1Cl)C(=O)NC[C@@H](C(C)C)N(C)C. The van der Waals surface area contributed by atoms with Crippen LogP contribution in [-0.2, 0) is 4.79 Å². The lowest BCUT2D eigenvalue weighted by atomic mass is 10.0. The number of nitrogens with zero attached hydrogens (tertiary/aromatic N) is 1. The first kappa shape index (κ1) is 22.7. The number of benzene rings is 1.